The second-order valence-electron chi connectivity index (χ2n) is 5.02. The predicted molar refractivity (Wildman–Crippen MR) is 74.1 cm³/mol. The molecule has 1 aliphatic heterocycles. The first kappa shape index (κ1) is 17.5. The van der Waals surface area contributed by atoms with Crippen LogP contribution in [0.4, 0.5) is 13.2 Å². The average Bonchev–Trinajstić information content (AvgIpc) is 2.38. The summed E-state index contributed by atoms with van der Waals surface area (Å²) in [5, 5.41) is 10.7. The lowest BCUT2D eigenvalue weighted by atomic mass is 9.95. The Morgan fingerprint density at radius 3 is 2.48 bits per heavy atom. The van der Waals surface area contributed by atoms with E-state index in [1.807, 2.05) is 0 Å². The molecule has 0 aromatic heterocycles. The van der Waals surface area contributed by atoms with Crippen LogP contribution in [0.25, 0.3) is 0 Å². The van der Waals surface area contributed by atoms with E-state index in [0.717, 1.165) is 38.8 Å². The van der Waals surface area contributed by atoms with Gasteiger partial charge in [-0.15, -0.1) is 0 Å². The van der Waals surface area contributed by atoms with Crippen molar-refractivity contribution in [1.29, 1.82) is 0 Å². The van der Waals surface area contributed by atoms with Crippen LogP contribution in [0, 0.1) is 0 Å². The van der Waals surface area contributed by atoms with Gasteiger partial charge in [0.1, 0.15) is 0 Å². The number of halogens is 3. The van der Waals surface area contributed by atoms with Crippen molar-refractivity contribution < 1.29 is 23.1 Å². The Kier molecular flexibility index (Phi) is 6.68. The maximum atomic E-state index is 12.8. The molecule has 0 aliphatic carbocycles. The van der Waals surface area contributed by atoms with Crippen molar-refractivity contribution in [3.63, 3.8) is 0 Å². The number of nitrogens with one attached hydrogen (secondary N) is 1. The number of rotatable bonds is 2. The van der Waals surface area contributed by atoms with Crippen molar-refractivity contribution in [2.24, 2.45) is 0 Å². The quantitative estimate of drug-likeness (QED) is 0.879. The molecule has 3 nitrogen and oxygen atoms in total. The van der Waals surface area contributed by atoms with Gasteiger partial charge in [-0.25, -0.2) is 0 Å². The van der Waals surface area contributed by atoms with Crippen molar-refractivity contribution in [3.8, 4) is 0 Å². The number of aliphatic carboxylic acids is 1. The highest BCUT2D eigenvalue weighted by atomic mass is 19.4. The van der Waals surface area contributed by atoms with E-state index < -0.39 is 17.7 Å². The van der Waals surface area contributed by atoms with Crippen LogP contribution in [0.1, 0.15) is 37.3 Å². The summed E-state index contributed by atoms with van der Waals surface area (Å²) in [4.78, 5) is 9.00. The average molecular weight is 303 g/mol. The van der Waals surface area contributed by atoms with Crippen LogP contribution in [-0.4, -0.2) is 23.7 Å². The topological polar surface area (TPSA) is 49.3 Å². The Hall–Kier alpha value is -1.56. The maximum Gasteiger partial charge on any atom is 0.416 e. The van der Waals surface area contributed by atoms with E-state index in [1.165, 1.54) is 6.07 Å². The van der Waals surface area contributed by atoms with Gasteiger partial charge in [-0.3, -0.25) is 4.79 Å². The lowest BCUT2D eigenvalue weighted by molar-refractivity contribution is -0.138. The van der Waals surface area contributed by atoms with Crippen molar-refractivity contribution in [2.75, 3.05) is 6.54 Å². The first-order valence-corrected chi connectivity index (χ1v) is 6.88. The van der Waals surface area contributed by atoms with Gasteiger partial charge in [0.2, 0.25) is 0 Å². The van der Waals surface area contributed by atoms with Gasteiger partial charge in [-0.1, -0.05) is 24.6 Å². The zero-order valence-corrected chi connectivity index (χ0v) is 11.9. The summed E-state index contributed by atoms with van der Waals surface area (Å²) in [5.41, 5.74) is -0.0910. The predicted octanol–water partition coefficient (Wildman–Crippen LogP) is 3.48. The fourth-order valence-corrected chi connectivity index (χ4v) is 2.34. The van der Waals surface area contributed by atoms with E-state index in [0.29, 0.717) is 12.0 Å². The number of carboxylic acids is 1. The highest BCUT2D eigenvalue weighted by molar-refractivity contribution is 5.62. The lowest BCUT2D eigenvalue weighted by Crippen LogP contribution is -2.36. The minimum Gasteiger partial charge on any atom is -0.481 e. The molecule has 1 aromatic carbocycles. The van der Waals surface area contributed by atoms with Gasteiger partial charge in [0, 0.05) is 13.0 Å². The molecule has 1 fully saturated rings. The molecule has 2 rings (SSSR count). The summed E-state index contributed by atoms with van der Waals surface area (Å²) >= 11 is 0. The minimum atomic E-state index is -4.24. The Labute approximate surface area is 122 Å². The normalized spacial score (nSPS) is 18.6. The van der Waals surface area contributed by atoms with E-state index in [-0.39, 0.29) is 6.04 Å². The molecule has 0 bridgehead atoms. The van der Waals surface area contributed by atoms with Crippen LogP contribution in [0.2, 0.25) is 0 Å². The van der Waals surface area contributed by atoms with E-state index in [9.17, 15) is 13.2 Å². The lowest BCUT2D eigenvalue weighted by Gasteiger charge is -2.24. The number of hydrogen-bond acceptors (Lipinski definition) is 2. The maximum absolute atomic E-state index is 12.8. The summed E-state index contributed by atoms with van der Waals surface area (Å²) in [6.45, 7) is 2.00. The molecule has 0 saturated carbocycles. The molecule has 1 atom stereocenters. The van der Waals surface area contributed by atoms with Crippen LogP contribution < -0.4 is 5.32 Å². The van der Waals surface area contributed by atoms with E-state index in [4.69, 9.17) is 9.90 Å². The van der Waals surface area contributed by atoms with E-state index in [2.05, 4.69) is 5.32 Å². The number of benzene rings is 1. The minimum absolute atomic E-state index is 0.187. The van der Waals surface area contributed by atoms with Gasteiger partial charge in [0.25, 0.3) is 5.97 Å². The number of carboxylic acid groups (broad SMARTS) is 1. The van der Waals surface area contributed by atoms with Crippen LogP contribution in [0.5, 0.6) is 0 Å². The van der Waals surface area contributed by atoms with Gasteiger partial charge < -0.3 is 10.4 Å². The van der Waals surface area contributed by atoms with E-state index >= 15 is 0 Å². The number of hydrogen-bond donors (Lipinski definition) is 2. The molecule has 0 spiro atoms. The summed E-state index contributed by atoms with van der Waals surface area (Å²) in [5.74, 6) is -0.833. The number of alkyl halides is 3. The van der Waals surface area contributed by atoms with E-state index in [1.54, 1.807) is 12.1 Å². The Morgan fingerprint density at radius 2 is 1.95 bits per heavy atom. The third-order valence-corrected chi connectivity index (χ3v) is 3.20. The van der Waals surface area contributed by atoms with Crippen LogP contribution >= 0.6 is 0 Å². The van der Waals surface area contributed by atoms with Crippen molar-refractivity contribution in [2.45, 2.75) is 44.8 Å². The molecule has 1 saturated heterocycles. The molecule has 0 radical (unpaired) electrons. The van der Waals surface area contributed by atoms with Gasteiger partial charge >= 0.3 is 6.18 Å². The monoisotopic (exact) mass is 303 g/mol. The zero-order valence-electron chi connectivity index (χ0n) is 11.9. The Bertz CT molecular complexity index is 450. The molecule has 6 heteroatoms. The Morgan fingerprint density at radius 1 is 1.33 bits per heavy atom. The zero-order chi connectivity index (χ0) is 15.9. The number of carbonyl (C=O) groups is 1. The second kappa shape index (κ2) is 8.02. The van der Waals surface area contributed by atoms with Crippen LogP contribution in [0.3, 0.4) is 0 Å². The van der Waals surface area contributed by atoms with Gasteiger partial charge in [-0.05, 0) is 37.4 Å². The highest BCUT2D eigenvalue weighted by Gasteiger charge is 2.33. The largest absolute Gasteiger partial charge is 0.481 e. The molecule has 118 valence electrons. The molecular weight excluding hydrogens is 283 g/mol. The molecule has 1 aliphatic rings. The Balaban J connectivity index is 0.000000491. The summed E-state index contributed by atoms with van der Waals surface area (Å²) in [7, 11) is 0. The fraction of sp³-hybridized carbons (Fsp3) is 0.533. The van der Waals surface area contributed by atoms with Crippen molar-refractivity contribution in [3.05, 3.63) is 35.4 Å². The standard InChI is InChI=1S/C13H16F3N.C2H4O2/c14-13(15,16)12-7-2-1-5-10(12)9-11-6-3-4-8-17-11;1-2(3)4/h1-2,5,7,11,17H,3-4,6,8-9H2;1H3,(H,3,4). The highest BCUT2D eigenvalue weighted by Crippen LogP contribution is 2.32. The molecule has 0 amide bonds. The fourth-order valence-electron chi connectivity index (χ4n) is 2.34. The van der Waals surface area contributed by atoms with Crippen LogP contribution in [0.15, 0.2) is 24.3 Å². The van der Waals surface area contributed by atoms with Crippen molar-refractivity contribution in [1.82, 2.24) is 5.32 Å². The molecule has 21 heavy (non-hydrogen) atoms. The van der Waals surface area contributed by atoms with Gasteiger partial charge in [-0.2, -0.15) is 13.2 Å². The van der Waals surface area contributed by atoms with Gasteiger partial charge in [0.05, 0.1) is 5.56 Å². The van der Waals surface area contributed by atoms with Crippen molar-refractivity contribution >= 4 is 5.97 Å². The smallest absolute Gasteiger partial charge is 0.416 e. The van der Waals surface area contributed by atoms with Crippen LogP contribution in [-0.2, 0) is 17.4 Å². The summed E-state index contributed by atoms with van der Waals surface area (Å²) < 4.78 is 38.3. The second-order valence-corrected chi connectivity index (χ2v) is 5.02. The molecule has 2 N–H and O–H groups in total. The van der Waals surface area contributed by atoms with Gasteiger partial charge in [0.15, 0.2) is 0 Å². The first-order chi connectivity index (χ1) is 9.80. The SMILES string of the molecule is CC(=O)O.FC(F)(F)c1ccccc1CC1CCCCN1. The third kappa shape index (κ3) is 6.62. The number of piperidine rings is 1. The first-order valence-electron chi connectivity index (χ1n) is 6.88. The molecule has 1 aromatic rings. The third-order valence-electron chi connectivity index (χ3n) is 3.20. The molecular formula is C15H20F3NO2. The molecule has 1 unspecified atom stereocenters. The molecule has 1 heterocycles. The summed E-state index contributed by atoms with van der Waals surface area (Å²) in [6, 6.07) is 6.05. The summed E-state index contributed by atoms with van der Waals surface area (Å²) in [6.07, 6.45) is -0.587.